The molecule has 0 spiro atoms. The average molecular weight is 463 g/mol. The number of thiophene rings is 3. The molecule has 29 heavy (non-hydrogen) atoms. The number of nitrogens with zero attached hydrogens (tertiary/aromatic N) is 2. The Hall–Kier alpha value is -2.47. The van der Waals surface area contributed by atoms with Gasteiger partial charge in [-0.1, -0.05) is 17.8 Å². The summed E-state index contributed by atoms with van der Waals surface area (Å²) in [4.78, 5) is 42.8. The number of hydrogen-bond acceptors (Lipinski definition) is 8. The molecule has 4 aromatic rings. The zero-order valence-corrected chi connectivity index (χ0v) is 18.3. The standard InChI is InChI=1S/C18H14N4O3S4/c1-22-17(25)13-10(11-3-2-5-26-11)7-28-16(13)21-18(22)29-8-12(23)20-15-9(14(19)24)4-6-27-15/h2-7H,8H2,1H3,(H2,19,24)(H,20,23). The first-order valence-corrected chi connectivity index (χ1v) is 11.9. The first-order valence-electron chi connectivity index (χ1n) is 8.27. The van der Waals surface area contributed by atoms with Crippen molar-refractivity contribution >= 4 is 72.8 Å². The Kier molecular flexibility index (Phi) is 5.54. The van der Waals surface area contributed by atoms with Crippen LogP contribution in [0.4, 0.5) is 5.00 Å². The highest BCUT2D eigenvalue weighted by molar-refractivity contribution is 7.99. The lowest BCUT2D eigenvalue weighted by Gasteiger charge is -2.08. The summed E-state index contributed by atoms with van der Waals surface area (Å²) < 4.78 is 1.46. The van der Waals surface area contributed by atoms with Gasteiger partial charge in [-0.05, 0) is 22.9 Å². The Labute approximate surface area is 181 Å². The molecule has 7 nitrogen and oxygen atoms in total. The normalized spacial score (nSPS) is 11.1. The zero-order valence-electron chi connectivity index (χ0n) is 15.0. The number of anilines is 1. The van der Waals surface area contributed by atoms with Gasteiger partial charge in [-0.3, -0.25) is 19.0 Å². The van der Waals surface area contributed by atoms with Gasteiger partial charge in [-0.25, -0.2) is 4.98 Å². The summed E-state index contributed by atoms with van der Waals surface area (Å²) in [6.45, 7) is 0. The molecule has 0 bridgehead atoms. The second-order valence-electron chi connectivity index (χ2n) is 5.93. The maximum atomic E-state index is 12.9. The number of nitrogens with one attached hydrogen (secondary N) is 1. The average Bonchev–Trinajstić information content (AvgIpc) is 3.43. The van der Waals surface area contributed by atoms with Gasteiger partial charge in [0.25, 0.3) is 11.5 Å². The summed E-state index contributed by atoms with van der Waals surface area (Å²) in [5.74, 6) is -0.854. The van der Waals surface area contributed by atoms with Crippen LogP contribution in [0.1, 0.15) is 10.4 Å². The topological polar surface area (TPSA) is 107 Å². The third kappa shape index (κ3) is 3.86. The summed E-state index contributed by atoms with van der Waals surface area (Å²) in [6.07, 6.45) is 0. The van der Waals surface area contributed by atoms with E-state index in [1.54, 1.807) is 29.8 Å². The molecular weight excluding hydrogens is 448 g/mol. The molecule has 148 valence electrons. The Morgan fingerprint density at radius 3 is 2.79 bits per heavy atom. The summed E-state index contributed by atoms with van der Waals surface area (Å²) in [6, 6.07) is 5.49. The van der Waals surface area contributed by atoms with E-state index in [0.717, 1.165) is 22.2 Å². The van der Waals surface area contributed by atoms with E-state index in [1.807, 2.05) is 22.9 Å². The van der Waals surface area contributed by atoms with Crippen LogP contribution in [0.2, 0.25) is 0 Å². The third-order valence-electron chi connectivity index (χ3n) is 4.08. The Balaban J connectivity index is 1.55. The first kappa shape index (κ1) is 19.8. The number of amides is 2. The molecular formula is C18H14N4O3S4. The van der Waals surface area contributed by atoms with Gasteiger partial charge in [0.05, 0.1) is 16.7 Å². The van der Waals surface area contributed by atoms with Gasteiger partial charge in [0.15, 0.2) is 5.16 Å². The van der Waals surface area contributed by atoms with Crippen molar-refractivity contribution in [3.8, 4) is 10.4 Å². The molecule has 0 aliphatic heterocycles. The number of thioether (sulfide) groups is 1. The van der Waals surface area contributed by atoms with Gasteiger partial charge in [-0.15, -0.1) is 34.0 Å². The van der Waals surface area contributed by atoms with Crippen LogP contribution in [0.25, 0.3) is 20.7 Å². The van der Waals surface area contributed by atoms with Crippen LogP contribution in [-0.4, -0.2) is 27.1 Å². The summed E-state index contributed by atoms with van der Waals surface area (Å²) >= 11 is 5.38. The van der Waals surface area contributed by atoms with E-state index >= 15 is 0 Å². The molecule has 4 rings (SSSR count). The largest absolute Gasteiger partial charge is 0.366 e. The monoisotopic (exact) mass is 462 g/mol. The highest BCUT2D eigenvalue weighted by atomic mass is 32.2. The fourth-order valence-corrected chi connectivity index (χ4v) is 6.07. The second-order valence-corrected chi connectivity index (χ2v) is 9.59. The molecule has 0 aromatic carbocycles. The number of fused-ring (bicyclic) bond motifs is 1. The number of primary amides is 1. The predicted molar refractivity (Wildman–Crippen MR) is 120 cm³/mol. The minimum absolute atomic E-state index is 0.0467. The SMILES string of the molecule is Cn1c(SCC(=O)Nc2sccc2C(N)=O)nc2scc(-c3cccs3)c2c1=O. The van der Waals surface area contributed by atoms with Crippen molar-refractivity contribution in [2.75, 3.05) is 11.1 Å². The molecule has 4 aromatic heterocycles. The molecule has 0 fully saturated rings. The van der Waals surface area contributed by atoms with E-state index < -0.39 is 5.91 Å². The maximum absolute atomic E-state index is 12.9. The Morgan fingerprint density at radius 1 is 1.24 bits per heavy atom. The lowest BCUT2D eigenvalue weighted by atomic mass is 10.2. The quantitative estimate of drug-likeness (QED) is 0.336. The van der Waals surface area contributed by atoms with Crippen LogP contribution in [0.5, 0.6) is 0 Å². The molecule has 0 saturated heterocycles. The fraction of sp³-hybridized carbons (Fsp3) is 0.111. The van der Waals surface area contributed by atoms with Crippen molar-refractivity contribution in [2.24, 2.45) is 12.8 Å². The highest BCUT2D eigenvalue weighted by Gasteiger charge is 2.18. The smallest absolute Gasteiger partial charge is 0.263 e. The van der Waals surface area contributed by atoms with Gasteiger partial charge in [0.1, 0.15) is 9.83 Å². The van der Waals surface area contributed by atoms with Crippen molar-refractivity contribution in [2.45, 2.75) is 5.16 Å². The number of hydrogen-bond donors (Lipinski definition) is 2. The minimum Gasteiger partial charge on any atom is -0.366 e. The van der Waals surface area contributed by atoms with Crippen molar-refractivity contribution in [3.05, 3.63) is 50.3 Å². The number of aromatic nitrogens is 2. The minimum atomic E-state index is -0.594. The molecule has 0 unspecified atom stereocenters. The third-order valence-corrected chi connectivity index (χ3v) is 7.71. The van der Waals surface area contributed by atoms with Crippen molar-refractivity contribution in [1.82, 2.24) is 9.55 Å². The number of nitrogens with two attached hydrogens (primary N) is 1. The zero-order chi connectivity index (χ0) is 20.5. The molecule has 0 radical (unpaired) electrons. The summed E-state index contributed by atoms with van der Waals surface area (Å²) in [5.41, 5.74) is 6.32. The Morgan fingerprint density at radius 2 is 2.07 bits per heavy atom. The van der Waals surface area contributed by atoms with Crippen molar-refractivity contribution in [1.29, 1.82) is 0 Å². The van der Waals surface area contributed by atoms with Gasteiger partial charge < -0.3 is 11.1 Å². The Bertz CT molecular complexity index is 1270. The van der Waals surface area contributed by atoms with E-state index in [2.05, 4.69) is 10.3 Å². The summed E-state index contributed by atoms with van der Waals surface area (Å²) in [7, 11) is 1.65. The predicted octanol–water partition coefficient (Wildman–Crippen LogP) is 3.61. The molecule has 2 amide bonds. The molecule has 0 atom stereocenters. The van der Waals surface area contributed by atoms with E-state index in [0.29, 0.717) is 20.4 Å². The van der Waals surface area contributed by atoms with E-state index in [1.165, 1.54) is 27.2 Å². The molecule has 4 heterocycles. The number of carbonyl (C=O) groups excluding carboxylic acids is 2. The molecule has 0 saturated carbocycles. The van der Waals surface area contributed by atoms with Gasteiger partial charge in [0, 0.05) is 22.9 Å². The number of rotatable bonds is 6. The van der Waals surface area contributed by atoms with Gasteiger partial charge >= 0.3 is 0 Å². The van der Waals surface area contributed by atoms with Crippen LogP contribution in [0, 0.1) is 0 Å². The van der Waals surface area contributed by atoms with Gasteiger partial charge in [0.2, 0.25) is 5.91 Å². The molecule has 0 aliphatic carbocycles. The summed E-state index contributed by atoms with van der Waals surface area (Å²) in [5, 5.41) is 9.74. The van der Waals surface area contributed by atoms with Gasteiger partial charge in [-0.2, -0.15) is 0 Å². The lowest BCUT2D eigenvalue weighted by molar-refractivity contribution is -0.113. The van der Waals surface area contributed by atoms with E-state index in [-0.39, 0.29) is 22.8 Å². The fourth-order valence-electron chi connectivity index (χ4n) is 2.69. The molecule has 3 N–H and O–H groups in total. The first-order chi connectivity index (χ1) is 14.0. The highest BCUT2D eigenvalue weighted by Crippen LogP contribution is 2.34. The van der Waals surface area contributed by atoms with Crippen LogP contribution >= 0.6 is 45.8 Å². The van der Waals surface area contributed by atoms with Crippen LogP contribution < -0.4 is 16.6 Å². The van der Waals surface area contributed by atoms with Crippen LogP contribution in [0.15, 0.2) is 44.3 Å². The maximum Gasteiger partial charge on any atom is 0.263 e. The lowest BCUT2D eigenvalue weighted by Crippen LogP contribution is -2.21. The second kappa shape index (κ2) is 8.11. The van der Waals surface area contributed by atoms with E-state index in [4.69, 9.17) is 5.73 Å². The molecule has 0 aliphatic rings. The molecule has 11 heteroatoms. The van der Waals surface area contributed by atoms with Crippen molar-refractivity contribution < 1.29 is 9.59 Å². The van der Waals surface area contributed by atoms with Crippen molar-refractivity contribution in [3.63, 3.8) is 0 Å². The number of carbonyl (C=O) groups is 2. The van der Waals surface area contributed by atoms with E-state index in [9.17, 15) is 14.4 Å². The van der Waals surface area contributed by atoms with Crippen LogP contribution in [0.3, 0.4) is 0 Å². The van der Waals surface area contributed by atoms with Crippen LogP contribution in [-0.2, 0) is 11.8 Å².